The highest BCUT2D eigenvalue weighted by atomic mass is 32.1. The minimum Gasteiger partial charge on any atom is -0.346 e. The van der Waals surface area contributed by atoms with Crippen molar-refractivity contribution in [1.29, 1.82) is 0 Å². The van der Waals surface area contributed by atoms with Crippen LogP contribution in [0.15, 0.2) is 53.6 Å². The molecule has 0 bridgehead atoms. The number of hydrogen-bond acceptors (Lipinski definition) is 4. The molecular formula is C17H14N4S. The molecule has 0 aliphatic heterocycles. The molecule has 3 heterocycles. The van der Waals surface area contributed by atoms with E-state index in [-0.39, 0.29) is 0 Å². The maximum atomic E-state index is 4.42. The summed E-state index contributed by atoms with van der Waals surface area (Å²) in [4.78, 5) is 11.9. The number of nitrogens with zero attached hydrogens (tertiary/aromatic N) is 2. The molecule has 4 nitrogen and oxygen atoms in total. The molecule has 108 valence electrons. The van der Waals surface area contributed by atoms with Crippen LogP contribution in [0.3, 0.4) is 0 Å². The maximum Gasteiger partial charge on any atom is 0.143 e. The number of benzene rings is 1. The Bertz CT molecular complexity index is 925. The minimum absolute atomic E-state index is 0.825. The molecule has 22 heavy (non-hydrogen) atoms. The van der Waals surface area contributed by atoms with Gasteiger partial charge in [-0.3, -0.25) is 0 Å². The molecule has 5 heteroatoms. The average Bonchev–Trinajstić information content (AvgIpc) is 3.19. The molecule has 0 saturated heterocycles. The van der Waals surface area contributed by atoms with E-state index in [1.54, 1.807) is 17.7 Å². The van der Waals surface area contributed by atoms with Gasteiger partial charge in [0.2, 0.25) is 0 Å². The van der Waals surface area contributed by atoms with Crippen LogP contribution in [0.2, 0.25) is 0 Å². The number of aromatic nitrogens is 3. The van der Waals surface area contributed by atoms with Crippen LogP contribution in [-0.4, -0.2) is 15.0 Å². The smallest absolute Gasteiger partial charge is 0.143 e. The van der Waals surface area contributed by atoms with E-state index in [0.29, 0.717) is 0 Å². The van der Waals surface area contributed by atoms with E-state index >= 15 is 0 Å². The molecule has 4 aromatic rings. The fourth-order valence-corrected chi connectivity index (χ4v) is 3.26. The highest BCUT2D eigenvalue weighted by molar-refractivity contribution is 7.08. The van der Waals surface area contributed by atoms with E-state index in [4.69, 9.17) is 0 Å². The first-order valence-corrected chi connectivity index (χ1v) is 7.94. The Kier molecular flexibility index (Phi) is 3.12. The SMILES string of the molecule is Cc1c[nH]c2ncnc(Nc3ccccc3-c3ccsc3)c12. The molecule has 0 radical (unpaired) electrons. The Morgan fingerprint density at radius 3 is 2.91 bits per heavy atom. The number of hydrogen-bond donors (Lipinski definition) is 2. The van der Waals surface area contributed by atoms with Crippen molar-refractivity contribution in [3.05, 3.63) is 59.2 Å². The van der Waals surface area contributed by atoms with Gasteiger partial charge in [-0.2, -0.15) is 11.3 Å². The second-order valence-corrected chi connectivity index (χ2v) is 5.88. The molecule has 1 aromatic carbocycles. The Labute approximate surface area is 131 Å². The summed E-state index contributed by atoms with van der Waals surface area (Å²) in [6.07, 6.45) is 3.53. The molecule has 0 saturated carbocycles. The fourth-order valence-electron chi connectivity index (χ4n) is 2.60. The molecule has 0 amide bonds. The van der Waals surface area contributed by atoms with Crippen molar-refractivity contribution in [1.82, 2.24) is 15.0 Å². The van der Waals surface area contributed by atoms with Gasteiger partial charge in [-0.15, -0.1) is 0 Å². The van der Waals surface area contributed by atoms with Crippen molar-refractivity contribution >= 4 is 33.9 Å². The monoisotopic (exact) mass is 306 g/mol. The summed E-state index contributed by atoms with van der Waals surface area (Å²) in [6.45, 7) is 2.05. The zero-order valence-corrected chi connectivity index (χ0v) is 12.8. The number of aromatic amines is 1. The number of nitrogens with one attached hydrogen (secondary N) is 2. The van der Waals surface area contributed by atoms with Crippen molar-refractivity contribution in [3.63, 3.8) is 0 Å². The Morgan fingerprint density at radius 2 is 2.05 bits per heavy atom. The summed E-state index contributed by atoms with van der Waals surface area (Å²) in [5.41, 5.74) is 5.41. The van der Waals surface area contributed by atoms with Gasteiger partial charge < -0.3 is 10.3 Å². The van der Waals surface area contributed by atoms with Crippen molar-refractivity contribution in [2.75, 3.05) is 5.32 Å². The lowest BCUT2D eigenvalue weighted by molar-refractivity contribution is 1.20. The first-order valence-electron chi connectivity index (χ1n) is 7.00. The van der Waals surface area contributed by atoms with Crippen molar-refractivity contribution in [2.45, 2.75) is 6.92 Å². The van der Waals surface area contributed by atoms with E-state index in [1.165, 1.54) is 11.1 Å². The lowest BCUT2D eigenvalue weighted by atomic mass is 10.1. The quantitative estimate of drug-likeness (QED) is 0.575. The summed E-state index contributed by atoms with van der Waals surface area (Å²) in [5, 5.41) is 8.73. The summed E-state index contributed by atoms with van der Waals surface area (Å²) in [5.74, 6) is 0.825. The van der Waals surface area contributed by atoms with Gasteiger partial charge in [0.1, 0.15) is 17.8 Å². The number of para-hydroxylation sites is 1. The Balaban J connectivity index is 1.82. The highest BCUT2D eigenvalue weighted by Gasteiger charge is 2.11. The summed E-state index contributed by atoms with van der Waals surface area (Å²) in [7, 11) is 0. The third-order valence-electron chi connectivity index (χ3n) is 3.68. The fraction of sp³-hybridized carbons (Fsp3) is 0.0588. The van der Waals surface area contributed by atoms with Gasteiger partial charge >= 0.3 is 0 Å². The predicted molar refractivity (Wildman–Crippen MR) is 91.7 cm³/mol. The van der Waals surface area contributed by atoms with E-state index in [9.17, 15) is 0 Å². The van der Waals surface area contributed by atoms with Crippen molar-refractivity contribution in [3.8, 4) is 11.1 Å². The zero-order chi connectivity index (χ0) is 14.9. The standard InChI is InChI=1S/C17H14N4S/c1-11-8-18-16-15(11)17(20-10-19-16)21-14-5-3-2-4-13(14)12-6-7-22-9-12/h2-10H,1H3,(H2,18,19,20,21). The molecule has 4 rings (SSSR count). The van der Waals surface area contributed by atoms with Crippen LogP contribution >= 0.6 is 11.3 Å². The van der Waals surface area contributed by atoms with E-state index in [0.717, 1.165) is 28.1 Å². The van der Waals surface area contributed by atoms with Crippen LogP contribution in [0.1, 0.15) is 5.56 Å². The number of anilines is 2. The largest absolute Gasteiger partial charge is 0.346 e. The Hall–Kier alpha value is -2.66. The van der Waals surface area contributed by atoms with Crippen LogP contribution in [0, 0.1) is 6.92 Å². The van der Waals surface area contributed by atoms with Gasteiger partial charge in [-0.1, -0.05) is 18.2 Å². The number of thiophene rings is 1. The Morgan fingerprint density at radius 1 is 1.14 bits per heavy atom. The van der Waals surface area contributed by atoms with Crippen molar-refractivity contribution in [2.24, 2.45) is 0 Å². The minimum atomic E-state index is 0.825. The van der Waals surface area contributed by atoms with Crippen LogP contribution in [0.5, 0.6) is 0 Å². The first-order chi connectivity index (χ1) is 10.8. The first kappa shape index (κ1) is 13.0. The number of H-pyrrole nitrogens is 1. The lowest BCUT2D eigenvalue weighted by Crippen LogP contribution is -1.97. The molecule has 0 fully saturated rings. The van der Waals surface area contributed by atoms with Crippen molar-refractivity contribution < 1.29 is 0 Å². The number of aryl methyl sites for hydroxylation is 1. The molecule has 0 spiro atoms. The van der Waals surface area contributed by atoms with Gasteiger partial charge in [0.25, 0.3) is 0 Å². The van der Waals surface area contributed by atoms with Gasteiger partial charge in [-0.25, -0.2) is 9.97 Å². The van der Waals surface area contributed by atoms with Gasteiger partial charge in [-0.05, 0) is 40.9 Å². The highest BCUT2D eigenvalue weighted by Crippen LogP contribution is 2.33. The molecular weight excluding hydrogens is 292 g/mol. The molecule has 0 atom stereocenters. The number of rotatable bonds is 3. The molecule has 0 aliphatic carbocycles. The van der Waals surface area contributed by atoms with E-state index in [1.807, 2.05) is 12.3 Å². The summed E-state index contributed by atoms with van der Waals surface area (Å²) < 4.78 is 0. The van der Waals surface area contributed by atoms with Crippen LogP contribution in [-0.2, 0) is 0 Å². The van der Waals surface area contributed by atoms with Gasteiger partial charge in [0, 0.05) is 17.4 Å². The molecule has 0 unspecified atom stereocenters. The summed E-state index contributed by atoms with van der Waals surface area (Å²) >= 11 is 1.70. The maximum absolute atomic E-state index is 4.42. The van der Waals surface area contributed by atoms with Crippen LogP contribution in [0.4, 0.5) is 11.5 Å². The number of fused-ring (bicyclic) bond motifs is 1. The van der Waals surface area contributed by atoms with E-state index < -0.39 is 0 Å². The normalized spacial score (nSPS) is 11.0. The van der Waals surface area contributed by atoms with Crippen LogP contribution in [0.25, 0.3) is 22.2 Å². The topological polar surface area (TPSA) is 53.6 Å². The average molecular weight is 306 g/mol. The summed E-state index contributed by atoms with van der Waals surface area (Å²) in [6, 6.07) is 10.4. The lowest BCUT2D eigenvalue weighted by Gasteiger charge is -2.11. The van der Waals surface area contributed by atoms with Crippen LogP contribution < -0.4 is 5.32 Å². The van der Waals surface area contributed by atoms with E-state index in [2.05, 4.69) is 62.2 Å². The molecule has 0 aliphatic rings. The third kappa shape index (κ3) is 2.16. The molecule has 3 aromatic heterocycles. The zero-order valence-electron chi connectivity index (χ0n) is 12.0. The third-order valence-corrected chi connectivity index (χ3v) is 4.36. The second-order valence-electron chi connectivity index (χ2n) is 5.10. The second kappa shape index (κ2) is 5.27. The van der Waals surface area contributed by atoms with Gasteiger partial charge in [0.05, 0.1) is 5.39 Å². The van der Waals surface area contributed by atoms with Gasteiger partial charge in [0.15, 0.2) is 0 Å². The predicted octanol–water partition coefficient (Wildman–Crippen LogP) is 4.74. The molecule has 2 N–H and O–H groups in total.